The van der Waals surface area contributed by atoms with E-state index in [1.807, 2.05) is 7.05 Å². The molecule has 0 saturated carbocycles. The number of benzene rings is 1. The number of hydrogen-bond donors (Lipinski definition) is 2. The van der Waals surface area contributed by atoms with E-state index in [1.165, 1.54) is 0 Å². The minimum absolute atomic E-state index is 0.568. The Hall–Kier alpha value is -1.75. The molecule has 0 spiro atoms. The first kappa shape index (κ1) is 10.8. The lowest BCUT2D eigenvalue weighted by atomic mass is 10.1. The van der Waals surface area contributed by atoms with Crippen molar-refractivity contribution in [3.8, 4) is 11.4 Å². The summed E-state index contributed by atoms with van der Waals surface area (Å²) in [5, 5.41) is 11.5. The second-order valence-electron chi connectivity index (χ2n) is 3.36. The molecule has 1 heterocycles. The van der Waals surface area contributed by atoms with Crippen LogP contribution in [0.5, 0.6) is 0 Å². The maximum Gasteiger partial charge on any atom is 0.224 e. The highest BCUT2D eigenvalue weighted by atomic mass is 35.5. The second kappa shape index (κ2) is 4.02. The average molecular weight is 238 g/mol. The maximum absolute atomic E-state index is 6.11. The Labute approximate surface area is 98.2 Å². The summed E-state index contributed by atoms with van der Waals surface area (Å²) in [6.07, 6.45) is 0. The number of aromatic nitrogens is 3. The Bertz CT molecular complexity index is 500. The minimum Gasteiger partial charge on any atom is -0.398 e. The molecule has 0 atom stereocenters. The first-order chi connectivity index (χ1) is 7.65. The van der Waals surface area contributed by atoms with Crippen molar-refractivity contribution >= 4 is 23.2 Å². The van der Waals surface area contributed by atoms with E-state index in [0.29, 0.717) is 28.0 Å². The first-order valence-electron chi connectivity index (χ1n) is 4.76. The van der Waals surface area contributed by atoms with Crippen LogP contribution in [0, 0.1) is 0 Å². The van der Waals surface area contributed by atoms with Crippen molar-refractivity contribution in [3.05, 3.63) is 23.2 Å². The van der Waals surface area contributed by atoms with Gasteiger partial charge in [-0.25, -0.2) is 0 Å². The van der Waals surface area contributed by atoms with Gasteiger partial charge in [0, 0.05) is 19.8 Å². The highest BCUT2D eigenvalue weighted by Gasteiger charge is 2.15. The normalized spacial score (nSPS) is 10.4. The van der Waals surface area contributed by atoms with E-state index in [-0.39, 0.29) is 0 Å². The summed E-state index contributed by atoms with van der Waals surface area (Å²) < 4.78 is 1.80. The summed E-state index contributed by atoms with van der Waals surface area (Å²) >= 11 is 6.11. The number of rotatable bonds is 2. The molecule has 0 unspecified atom stereocenters. The molecule has 0 saturated heterocycles. The molecule has 0 aliphatic rings. The van der Waals surface area contributed by atoms with Crippen LogP contribution in [0.15, 0.2) is 18.2 Å². The number of nitrogens with zero attached hydrogens (tertiary/aromatic N) is 3. The zero-order valence-corrected chi connectivity index (χ0v) is 9.78. The molecule has 0 bridgehead atoms. The number of nitrogens with two attached hydrogens (primary N) is 1. The van der Waals surface area contributed by atoms with Gasteiger partial charge in [0.1, 0.15) is 0 Å². The van der Waals surface area contributed by atoms with Crippen molar-refractivity contribution in [2.45, 2.75) is 0 Å². The molecule has 1 aromatic heterocycles. The number of nitrogens with one attached hydrogen (secondary N) is 1. The second-order valence-corrected chi connectivity index (χ2v) is 3.77. The smallest absolute Gasteiger partial charge is 0.224 e. The number of hydrogen-bond acceptors (Lipinski definition) is 4. The predicted octanol–water partition coefficient (Wildman–Crippen LogP) is 1.76. The number of nitrogen functional groups attached to an aromatic ring is 1. The molecule has 0 amide bonds. The molecule has 5 nitrogen and oxygen atoms in total. The van der Waals surface area contributed by atoms with Gasteiger partial charge in [-0.05, 0) is 12.1 Å². The lowest BCUT2D eigenvalue weighted by molar-refractivity contribution is 0.925. The zero-order chi connectivity index (χ0) is 11.7. The highest BCUT2D eigenvalue weighted by Crippen LogP contribution is 2.32. The molecule has 2 aromatic rings. The molecule has 2 rings (SSSR count). The van der Waals surface area contributed by atoms with Gasteiger partial charge in [-0.15, -0.1) is 10.2 Å². The Kier molecular flexibility index (Phi) is 2.70. The molecule has 3 N–H and O–H groups in total. The van der Waals surface area contributed by atoms with E-state index in [0.717, 1.165) is 0 Å². The summed E-state index contributed by atoms with van der Waals surface area (Å²) in [5.41, 5.74) is 7.18. The quantitative estimate of drug-likeness (QED) is 0.781. The first-order valence-corrected chi connectivity index (χ1v) is 5.14. The molecule has 0 aliphatic carbocycles. The number of halogens is 1. The SMILES string of the molecule is CNc1nnc(-c2c(N)cccc2Cl)n1C. The fraction of sp³-hybridized carbons (Fsp3) is 0.200. The van der Waals surface area contributed by atoms with Crippen LogP contribution in [0.3, 0.4) is 0 Å². The van der Waals surface area contributed by atoms with Crippen LogP contribution in [0.4, 0.5) is 11.6 Å². The summed E-state index contributed by atoms with van der Waals surface area (Å²) in [5.74, 6) is 1.31. The molecular weight excluding hydrogens is 226 g/mol. The lowest BCUT2D eigenvalue weighted by Crippen LogP contribution is -2.01. The van der Waals surface area contributed by atoms with Crippen molar-refractivity contribution < 1.29 is 0 Å². The summed E-state index contributed by atoms with van der Waals surface area (Å²) in [6, 6.07) is 5.37. The van der Waals surface area contributed by atoms with Crippen LogP contribution >= 0.6 is 11.6 Å². The van der Waals surface area contributed by atoms with Crippen molar-refractivity contribution in [2.24, 2.45) is 7.05 Å². The average Bonchev–Trinajstić information content (AvgIpc) is 2.60. The van der Waals surface area contributed by atoms with Gasteiger partial charge in [0.05, 0.1) is 10.6 Å². The molecule has 0 fully saturated rings. The van der Waals surface area contributed by atoms with Crippen molar-refractivity contribution in [1.82, 2.24) is 14.8 Å². The minimum atomic E-state index is 0.568. The summed E-state index contributed by atoms with van der Waals surface area (Å²) in [6.45, 7) is 0. The van der Waals surface area contributed by atoms with E-state index >= 15 is 0 Å². The van der Waals surface area contributed by atoms with E-state index in [2.05, 4.69) is 15.5 Å². The van der Waals surface area contributed by atoms with E-state index in [4.69, 9.17) is 17.3 Å². The van der Waals surface area contributed by atoms with Crippen LogP contribution in [-0.2, 0) is 7.05 Å². The third kappa shape index (κ3) is 1.59. The highest BCUT2D eigenvalue weighted by molar-refractivity contribution is 6.33. The van der Waals surface area contributed by atoms with E-state index in [1.54, 1.807) is 29.8 Å². The molecule has 0 radical (unpaired) electrons. The molecule has 16 heavy (non-hydrogen) atoms. The summed E-state index contributed by atoms with van der Waals surface area (Å²) in [4.78, 5) is 0. The Balaban J connectivity index is 2.63. The molecular formula is C10H12ClN5. The monoisotopic (exact) mass is 237 g/mol. The standard InChI is InChI=1S/C10H12ClN5/c1-13-10-15-14-9(16(10)2)8-6(11)4-3-5-7(8)12/h3-5H,12H2,1-2H3,(H,13,15). The third-order valence-electron chi connectivity index (χ3n) is 2.37. The van der Waals surface area contributed by atoms with Crippen molar-refractivity contribution in [2.75, 3.05) is 18.1 Å². The van der Waals surface area contributed by atoms with Gasteiger partial charge in [0.25, 0.3) is 0 Å². The van der Waals surface area contributed by atoms with Gasteiger partial charge in [0.2, 0.25) is 5.95 Å². The predicted molar refractivity (Wildman–Crippen MR) is 65.4 cm³/mol. The van der Waals surface area contributed by atoms with Crippen LogP contribution in [-0.4, -0.2) is 21.8 Å². The van der Waals surface area contributed by atoms with Gasteiger partial charge >= 0.3 is 0 Å². The Morgan fingerprint density at radius 2 is 2.12 bits per heavy atom. The fourth-order valence-corrected chi connectivity index (χ4v) is 1.81. The van der Waals surface area contributed by atoms with Crippen LogP contribution in [0.2, 0.25) is 5.02 Å². The lowest BCUT2D eigenvalue weighted by Gasteiger charge is -2.07. The van der Waals surface area contributed by atoms with E-state index < -0.39 is 0 Å². The maximum atomic E-state index is 6.11. The molecule has 84 valence electrons. The van der Waals surface area contributed by atoms with Crippen molar-refractivity contribution in [3.63, 3.8) is 0 Å². The number of anilines is 2. The molecule has 0 aliphatic heterocycles. The van der Waals surface area contributed by atoms with Crippen molar-refractivity contribution in [1.29, 1.82) is 0 Å². The van der Waals surface area contributed by atoms with Gasteiger partial charge in [-0.1, -0.05) is 17.7 Å². The fourth-order valence-electron chi connectivity index (χ4n) is 1.54. The van der Waals surface area contributed by atoms with Gasteiger partial charge in [-0.2, -0.15) is 0 Å². The topological polar surface area (TPSA) is 68.8 Å². The Morgan fingerprint density at radius 1 is 1.38 bits per heavy atom. The van der Waals surface area contributed by atoms with E-state index in [9.17, 15) is 0 Å². The molecule has 6 heteroatoms. The van der Waals surface area contributed by atoms with Crippen LogP contribution in [0.1, 0.15) is 0 Å². The largest absolute Gasteiger partial charge is 0.398 e. The van der Waals surface area contributed by atoms with Crippen LogP contribution < -0.4 is 11.1 Å². The zero-order valence-electron chi connectivity index (χ0n) is 9.03. The van der Waals surface area contributed by atoms with Gasteiger partial charge in [-0.3, -0.25) is 4.57 Å². The Morgan fingerprint density at radius 3 is 2.69 bits per heavy atom. The summed E-state index contributed by atoms with van der Waals surface area (Å²) in [7, 11) is 3.63. The van der Waals surface area contributed by atoms with Gasteiger partial charge in [0.15, 0.2) is 5.82 Å². The molecule has 1 aromatic carbocycles. The van der Waals surface area contributed by atoms with Crippen LogP contribution in [0.25, 0.3) is 11.4 Å². The third-order valence-corrected chi connectivity index (χ3v) is 2.68. The van der Waals surface area contributed by atoms with Gasteiger partial charge < -0.3 is 11.1 Å².